The van der Waals surface area contributed by atoms with Crippen LogP contribution in [0, 0.1) is 5.82 Å². The van der Waals surface area contributed by atoms with Crippen molar-refractivity contribution >= 4 is 5.97 Å². The summed E-state index contributed by atoms with van der Waals surface area (Å²) in [5.74, 6) is -0.363. The Morgan fingerprint density at radius 3 is 2.44 bits per heavy atom. The van der Waals surface area contributed by atoms with E-state index in [1.165, 1.54) is 33.5 Å². The van der Waals surface area contributed by atoms with Gasteiger partial charge in [-0.25, -0.2) is 4.39 Å². The number of methoxy groups -OCH3 is 3. The summed E-state index contributed by atoms with van der Waals surface area (Å²) < 4.78 is 27.7. The van der Waals surface area contributed by atoms with Crippen LogP contribution in [0.5, 0.6) is 11.5 Å². The zero-order chi connectivity index (χ0) is 12.1. The first-order valence-corrected chi connectivity index (χ1v) is 4.59. The number of hydrogen-bond acceptors (Lipinski definition) is 4. The Morgan fingerprint density at radius 1 is 1.25 bits per heavy atom. The summed E-state index contributed by atoms with van der Waals surface area (Å²) in [6.07, 6.45) is -0.0617. The molecule has 0 atom stereocenters. The van der Waals surface area contributed by atoms with Gasteiger partial charge in [0.25, 0.3) is 0 Å². The minimum Gasteiger partial charge on any atom is -0.493 e. The largest absolute Gasteiger partial charge is 0.493 e. The van der Waals surface area contributed by atoms with Gasteiger partial charge in [-0.2, -0.15) is 0 Å². The number of ether oxygens (including phenoxy) is 3. The molecule has 0 radical (unpaired) electrons. The quantitative estimate of drug-likeness (QED) is 0.733. The Bertz CT molecular complexity index is 390. The third kappa shape index (κ3) is 2.62. The Kier molecular flexibility index (Phi) is 4.10. The smallest absolute Gasteiger partial charge is 0.310 e. The van der Waals surface area contributed by atoms with Crippen molar-refractivity contribution in [1.29, 1.82) is 0 Å². The molecule has 0 aliphatic rings. The number of rotatable bonds is 4. The molecule has 4 nitrogen and oxygen atoms in total. The molecule has 0 saturated heterocycles. The van der Waals surface area contributed by atoms with Crippen molar-refractivity contribution in [2.75, 3.05) is 21.3 Å². The van der Waals surface area contributed by atoms with E-state index in [2.05, 4.69) is 4.74 Å². The lowest BCUT2D eigenvalue weighted by atomic mass is 10.1. The molecule has 88 valence electrons. The Hall–Kier alpha value is -1.78. The van der Waals surface area contributed by atoms with Crippen LogP contribution < -0.4 is 9.47 Å². The normalized spacial score (nSPS) is 9.75. The van der Waals surface area contributed by atoms with Gasteiger partial charge in [-0.1, -0.05) is 0 Å². The highest BCUT2D eigenvalue weighted by atomic mass is 19.1. The first kappa shape index (κ1) is 12.3. The number of esters is 1. The van der Waals surface area contributed by atoms with E-state index in [0.29, 0.717) is 11.3 Å². The van der Waals surface area contributed by atoms with Crippen molar-refractivity contribution in [3.05, 3.63) is 23.5 Å². The molecule has 0 bridgehead atoms. The summed E-state index contributed by atoms with van der Waals surface area (Å²) in [7, 11) is 4.10. The minimum atomic E-state index is -0.489. The van der Waals surface area contributed by atoms with Crippen molar-refractivity contribution in [3.8, 4) is 11.5 Å². The molecule has 0 N–H and O–H groups in total. The van der Waals surface area contributed by atoms with Gasteiger partial charge in [-0.05, 0) is 6.07 Å². The minimum absolute atomic E-state index is 0.0617. The lowest BCUT2D eigenvalue weighted by molar-refractivity contribution is -0.139. The Labute approximate surface area is 92.9 Å². The molecule has 0 unspecified atom stereocenters. The second-order valence-electron chi connectivity index (χ2n) is 3.05. The highest BCUT2D eigenvalue weighted by molar-refractivity contribution is 5.74. The molecular weight excluding hydrogens is 215 g/mol. The van der Waals surface area contributed by atoms with E-state index in [0.717, 1.165) is 0 Å². The third-order valence-corrected chi connectivity index (χ3v) is 2.08. The predicted molar refractivity (Wildman–Crippen MR) is 55.2 cm³/mol. The van der Waals surface area contributed by atoms with Gasteiger partial charge >= 0.3 is 5.97 Å². The van der Waals surface area contributed by atoms with E-state index in [1.807, 2.05) is 0 Å². The van der Waals surface area contributed by atoms with Crippen molar-refractivity contribution in [2.24, 2.45) is 0 Å². The number of carbonyl (C=O) groups is 1. The van der Waals surface area contributed by atoms with E-state index >= 15 is 0 Å². The molecule has 1 aromatic carbocycles. The van der Waals surface area contributed by atoms with Gasteiger partial charge < -0.3 is 14.2 Å². The van der Waals surface area contributed by atoms with Crippen LogP contribution in [-0.2, 0) is 16.0 Å². The van der Waals surface area contributed by atoms with Crippen LogP contribution in [0.25, 0.3) is 0 Å². The van der Waals surface area contributed by atoms with Crippen LogP contribution in [0.1, 0.15) is 5.56 Å². The van der Waals surface area contributed by atoms with E-state index < -0.39 is 11.8 Å². The first-order chi connectivity index (χ1) is 7.62. The topological polar surface area (TPSA) is 44.8 Å². The number of benzene rings is 1. The molecule has 0 saturated carbocycles. The second kappa shape index (κ2) is 5.34. The fourth-order valence-corrected chi connectivity index (χ4v) is 1.36. The fourth-order valence-electron chi connectivity index (χ4n) is 1.36. The van der Waals surface area contributed by atoms with E-state index in [1.54, 1.807) is 0 Å². The van der Waals surface area contributed by atoms with Crippen LogP contribution in [-0.4, -0.2) is 27.3 Å². The van der Waals surface area contributed by atoms with Crippen molar-refractivity contribution in [2.45, 2.75) is 6.42 Å². The Morgan fingerprint density at radius 2 is 1.94 bits per heavy atom. The lowest BCUT2D eigenvalue weighted by Gasteiger charge is -2.12. The van der Waals surface area contributed by atoms with Gasteiger partial charge in [-0.3, -0.25) is 4.79 Å². The average Bonchev–Trinajstić information content (AvgIpc) is 2.28. The van der Waals surface area contributed by atoms with Gasteiger partial charge in [0.05, 0.1) is 27.8 Å². The van der Waals surface area contributed by atoms with Crippen molar-refractivity contribution in [3.63, 3.8) is 0 Å². The Balaban J connectivity index is 3.14. The highest BCUT2D eigenvalue weighted by Crippen LogP contribution is 2.32. The summed E-state index contributed by atoms with van der Waals surface area (Å²) in [6, 6.07) is 2.41. The van der Waals surface area contributed by atoms with Crippen molar-refractivity contribution in [1.82, 2.24) is 0 Å². The molecule has 0 spiro atoms. The van der Waals surface area contributed by atoms with Gasteiger partial charge in [0.1, 0.15) is 5.82 Å². The second-order valence-corrected chi connectivity index (χ2v) is 3.05. The zero-order valence-corrected chi connectivity index (χ0v) is 9.37. The summed E-state index contributed by atoms with van der Waals surface area (Å²) in [6.45, 7) is 0. The highest BCUT2D eigenvalue weighted by Gasteiger charge is 2.15. The summed E-state index contributed by atoms with van der Waals surface area (Å²) >= 11 is 0. The van der Waals surface area contributed by atoms with Crippen molar-refractivity contribution < 1.29 is 23.4 Å². The van der Waals surface area contributed by atoms with E-state index in [9.17, 15) is 9.18 Å². The molecule has 5 heteroatoms. The molecule has 1 aromatic rings. The summed E-state index contributed by atoms with van der Waals surface area (Å²) in [5.41, 5.74) is 0.395. The summed E-state index contributed by atoms with van der Waals surface area (Å²) in [5, 5.41) is 0. The molecule has 0 aromatic heterocycles. The molecule has 0 amide bonds. The third-order valence-electron chi connectivity index (χ3n) is 2.08. The molecule has 0 aliphatic carbocycles. The number of hydrogen-bond donors (Lipinski definition) is 0. The van der Waals surface area contributed by atoms with Gasteiger partial charge in [0, 0.05) is 11.6 Å². The van der Waals surface area contributed by atoms with Crippen LogP contribution in [0.2, 0.25) is 0 Å². The van der Waals surface area contributed by atoms with E-state index in [-0.39, 0.29) is 12.2 Å². The van der Waals surface area contributed by atoms with Crippen LogP contribution in [0.4, 0.5) is 4.39 Å². The first-order valence-electron chi connectivity index (χ1n) is 4.59. The van der Waals surface area contributed by atoms with Gasteiger partial charge in [-0.15, -0.1) is 0 Å². The summed E-state index contributed by atoms with van der Waals surface area (Å²) in [4.78, 5) is 11.1. The molecule has 16 heavy (non-hydrogen) atoms. The number of halogens is 1. The monoisotopic (exact) mass is 228 g/mol. The van der Waals surface area contributed by atoms with Crippen LogP contribution >= 0.6 is 0 Å². The predicted octanol–water partition coefficient (Wildman–Crippen LogP) is 1.56. The van der Waals surface area contributed by atoms with Gasteiger partial charge in [0.2, 0.25) is 0 Å². The average molecular weight is 228 g/mol. The maximum absolute atomic E-state index is 13.2. The maximum atomic E-state index is 13.2. The molecule has 1 rings (SSSR count). The van der Waals surface area contributed by atoms with Crippen LogP contribution in [0.3, 0.4) is 0 Å². The molecular formula is C11H13FO4. The molecule has 0 fully saturated rings. The standard InChI is InChI=1S/C11H13FO4/c1-14-9-6-8(12)4-7(11(9)16-3)5-10(13)15-2/h4,6H,5H2,1-3H3. The van der Waals surface area contributed by atoms with E-state index in [4.69, 9.17) is 9.47 Å². The number of carbonyl (C=O) groups excluding carboxylic acids is 1. The fraction of sp³-hybridized carbons (Fsp3) is 0.364. The van der Waals surface area contributed by atoms with Crippen LogP contribution in [0.15, 0.2) is 12.1 Å². The maximum Gasteiger partial charge on any atom is 0.310 e. The lowest BCUT2D eigenvalue weighted by Crippen LogP contribution is -2.07. The molecule has 0 aliphatic heterocycles. The zero-order valence-electron chi connectivity index (χ0n) is 9.37. The van der Waals surface area contributed by atoms with Gasteiger partial charge in [0.15, 0.2) is 11.5 Å². The SMILES string of the molecule is COC(=O)Cc1cc(F)cc(OC)c1OC. The molecule has 0 heterocycles.